The molecule has 0 radical (unpaired) electrons. The molecule has 1 N–H and O–H groups in total. The van der Waals surface area contributed by atoms with E-state index in [2.05, 4.69) is 20.8 Å². The topological polar surface area (TPSA) is 59.0 Å². The number of aromatic hydroxyl groups is 1. The summed E-state index contributed by atoms with van der Waals surface area (Å²) in [5.74, 6) is 0.722. The molecule has 0 saturated carbocycles. The molecule has 0 spiro atoms. The van der Waals surface area contributed by atoms with Gasteiger partial charge in [-0.2, -0.15) is 0 Å². The summed E-state index contributed by atoms with van der Waals surface area (Å²) in [6.45, 7) is 3.45. The zero-order valence-electron chi connectivity index (χ0n) is 14.1. The Hall–Kier alpha value is -2.15. The molecule has 134 valence electrons. The van der Waals surface area contributed by atoms with Crippen LogP contribution in [0.4, 0.5) is 0 Å². The Labute approximate surface area is 160 Å². The van der Waals surface area contributed by atoms with Gasteiger partial charge in [0, 0.05) is 24.1 Å². The van der Waals surface area contributed by atoms with Gasteiger partial charge in [0.15, 0.2) is 5.76 Å². The minimum Gasteiger partial charge on any atom is -0.507 e. The van der Waals surface area contributed by atoms with Gasteiger partial charge in [0.1, 0.15) is 11.5 Å². The van der Waals surface area contributed by atoms with Crippen LogP contribution in [0.3, 0.4) is 0 Å². The van der Waals surface area contributed by atoms with E-state index >= 15 is 0 Å². The number of ether oxygens (including phenoxy) is 2. The number of fused-ring (bicyclic) bond motifs is 1. The number of hydrogen-bond acceptors (Lipinski definition) is 5. The standard InChI is InChI=1S/C20H18BrNO4/c21-14-3-1-13(2-4-14)11-18-19(24)15-5-6-17(23)16(20(15)26-18)12-22-7-9-25-10-8-22/h1-6,11,23H,7-10,12H2. The highest BCUT2D eigenvalue weighted by molar-refractivity contribution is 9.10. The molecular weight excluding hydrogens is 398 g/mol. The number of ketones is 1. The Bertz CT molecular complexity index is 870. The quantitative estimate of drug-likeness (QED) is 0.775. The molecule has 0 amide bonds. The number of carbonyl (C=O) groups is 1. The van der Waals surface area contributed by atoms with E-state index in [9.17, 15) is 9.90 Å². The average Bonchev–Trinajstić information content (AvgIpc) is 2.96. The van der Waals surface area contributed by atoms with Gasteiger partial charge in [-0.25, -0.2) is 0 Å². The van der Waals surface area contributed by atoms with E-state index in [1.165, 1.54) is 0 Å². The van der Waals surface area contributed by atoms with Crippen molar-refractivity contribution in [3.63, 3.8) is 0 Å². The number of nitrogens with zero attached hydrogens (tertiary/aromatic N) is 1. The summed E-state index contributed by atoms with van der Waals surface area (Å²) in [5.41, 5.74) is 2.02. The number of carbonyl (C=O) groups excluding carboxylic acids is 1. The van der Waals surface area contributed by atoms with Crippen molar-refractivity contribution in [1.29, 1.82) is 0 Å². The lowest BCUT2D eigenvalue weighted by molar-refractivity contribution is 0.0336. The molecule has 2 aromatic carbocycles. The summed E-state index contributed by atoms with van der Waals surface area (Å²) >= 11 is 3.40. The summed E-state index contributed by atoms with van der Waals surface area (Å²) in [4.78, 5) is 14.9. The number of benzene rings is 2. The lowest BCUT2D eigenvalue weighted by atomic mass is 10.0. The van der Waals surface area contributed by atoms with E-state index in [0.29, 0.717) is 36.6 Å². The Kier molecular flexibility index (Phi) is 4.80. The highest BCUT2D eigenvalue weighted by atomic mass is 79.9. The summed E-state index contributed by atoms with van der Waals surface area (Å²) in [6, 6.07) is 10.8. The van der Waals surface area contributed by atoms with Crippen LogP contribution in [0.1, 0.15) is 21.5 Å². The van der Waals surface area contributed by atoms with Crippen molar-refractivity contribution in [2.24, 2.45) is 0 Å². The molecule has 2 heterocycles. The maximum Gasteiger partial charge on any atom is 0.231 e. The molecule has 0 unspecified atom stereocenters. The van der Waals surface area contributed by atoms with Crippen molar-refractivity contribution in [2.45, 2.75) is 6.54 Å². The van der Waals surface area contributed by atoms with E-state index in [4.69, 9.17) is 9.47 Å². The van der Waals surface area contributed by atoms with Crippen LogP contribution in [0.15, 0.2) is 46.6 Å². The summed E-state index contributed by atoms with van der Waals surface area (Å²) in [6.07, 6.45) is 1.73. The number of phenolic OH excluding ortho intramolecular Hbond substituents is 1. The van der Waals surface area contributed by atoms with Crippen LogP contribution < -0.4 is 4.74 Å². The Balaban J connectivity index is 1.64. The summed E-state index contributed by atoms with van der Waals surface area (Å²) < 4.78 is 12.2. The van der Waals surface area contributed by atoms with Crippen molar-refractivity contribution < 1.29 is 19.4 Å². The van der Waals surface area contributed by atoms with Gasteiger partial charge in [0.05, 0.1) is 24.3 Å². The van der Waals surface area contributed by atoms with Gasteiger partial charge in [-0.3, -0.25) is 9.69 Å². The number of allylic oxidation sites excluding steroid dienone is 1. The Morgan fingerprint density at radius 3 is 2.58 bits per heavy atom. The Morgan fingerprint density at radius 1 is 1.12 bits per heavy atom. The first-order valence-electron chi connectivity index (χ1n) is 8.46. The Morgan fingerprint density at radius 2 is 1.85 bits per heavy atom. The number of rotatable bonds is 3. The number of Topliss-reactive ketones (excluding diaryl/α,β-unsaturated/α-hetero) is 1. The van der Waals surface area contributed by atoms with E-state index in [1.54, 1.807) is 18.2 Å². The monoisotopic (exact) mass is 415 g/mol. The second kappa shape index (κ2) is 7.23. The van der Waals surface area contributed by atoms with Crippen LogP contribution in [-0.4, -0.2) is 42.1 Å². The zero-order valence-corrected chi connectivity index (χ0v) is 15.7. The van der Waals surface area contributed by atoms with E-state index in [-0.39, 0.29) is 17.3 Å². The van der Waals surface area contributed by atoms with Crippen molar-refractivity contribution >= 4 is 27.8 Å². The highest BCUT2D eigenvalue weighted by Gasteiger charge is 2.31. The first kappa shape index (κ1) is 17.3. The van der Waals surface area contributed by atoms with Gasteiger partial charge >= 0.3 is 0 Å². The van der Waals surface area contributed by atoms with Gasteiger partial charge in [0.25, 0.3) is 0 Å². The zero-order chi connectivity index (χ0) is 18.1. The van der Waals surface area contributed by atoms with Gasteiger partial charge in [0.2, 0.25) is 5.78 Å². The maximum absolute atomic E-state index is 12.7. The molecule has 0 bridgehead atoms. The molecule has 0 aliphatic carbocycles. The van der Waals surface area contributed by atoms with E-state index in [0.717, 1.165) is 23.1 Å². The number of halogens is 1. The highest BCUT2D eigenvalue weighted by Crippen LogP contribution is 2.40. The third kappa shape index (κ3) is 3.40. The molecule has 0 aromatic heterocycles. The minimum absolute atomic E-state index is 0.146. The predicted molar refractivity (Wildman–Crippen MR) is 101 cm³/mol. The number of morpholine rings is 1. The van der Waals surface area contributed by atoms with Crippen molar-refractivity contribution in [3.05, 3.63) is 63.3 Å². The lowest BCUT2D eigenvalue weighted by Crippen LogP contribution is -2.35. The second-order valence-electron chi connectivity index (χ2n) is 6.32. The van der Waals surface area contributed by atoms with Gasteiger partial charge < -0.3 is 14.6 Å². The molecule has 6 heteroatoms. The SMILES string of the molecule is O=C1C(=Cc2ccc(Br)cc2)Oc2c1ccc(O)c2CN1CCOCC1. The normalized spacial score (nSPS) is 18.8. The molecular formula is C20H18BrNO4. The summed E-state index contributed by atoms with van der Waals surface area (Å²) in [7, 11) is 0. The van der Waals surface area contributed by atoms with Crippen molar-refractivity contribution in [3.8, 4) is 11.5 Å². The molecule has 5 nitrogen and oxygen atoms in total. The van der Waals surface area contributed by atoms with Crippen LogP contribution in [0, 0.1) is 0 Å². The molecule has 2 aliphatic heterocycles. The third-order valence-corrected chi connectivity index (χ3v) is 5.10. The lowest BCUT2D eigenvalue weighted by Gasteiger charge is -2.27. The van der Waals surface area contributed by atoms with Crippen LogP contribution >= 0.6 is 15.9 Å². The van der Waals surface area contributed by atoms with Crippen molar-refractivity contribution in [2.75, 3.05) is 26.3 Å². The van der Waals surface area contributed by atoms with Crippen LogP contribution in [0.2, 0.25) is 0 Å². The van der Waals surface area contributed by atoms with Crippen molar-refractivity contribution in [1.82, 2.24) is 4.90 Å². The van der Waals surface area contributed by atoms with Gasteiger partial charge in [-0.05, 0) is 35.9 Å². The summed E-state index contributed by atoms with van der Waals surface area (Å²) in [5, 5.41) is 10.3. The molecule has 0 atom stereocenters. The van der Waals surface area contributed by atoms with E-state index < -0.39 is 0 Å². The van der Waals surface area contributed by atoms with Crippen LogP contribution in [-0.2, 0) is 11.3 Å². The van der Waals surface area contributed by atoms with Gasteiger partial charge in [-0.1, -0.05) is 28.1 Å². The van der Waals surface area contributed by atoms with E-state index in [1.807, 2.05) is 24.3 Å². The minimum atomic E-state index is -0.161. The predicted octanol–water partition coefficient (Wildman–Crippen LogP) is 3.60. The third-order valence-electron chi connectivity index (χ3n) is 4.57. The number of phenols is 1. The fourth-order valence-corrected chi connectivity index (χ4v) is 3.41. The fourth-order valence-electron chi connectivity index (χ4n) is 3.14. The molecule has 4 rings (SSSR count). The first-order chi connectivity index (χ1) is 12.6. The van der Waals surface area contributed by atoms with Crippen LogP contribution in [0.5, 0.6) is 11.5 Å². The molecule has 1 saturated heterocycles. The number of hydrogen-bond donors (Lipinski definition) is 1. The first-order valence-corrected chi connectivity index (χ1v) is 9.26. The second-order valence-corrected chi connectivity index (χ2v) is 7.24. The van der Waals surface area contributed by atoms with Crippen LogP contribution in [0.25, 0.3) is 6.08 Å². The van der Waals surface area contributed by atoms with Gasteiger partial charge in [-0.15, -0.1) is 0 Å². The average molecular weight is 416 g/mol. The largest absolute Gasteiger partial charge is 0.507 e. The fraction of sp³-hybridized carbons (Fsp3) is 0.250. The smallest absolute Gasteiger partial charge is 0.231 e. The molecule has 2 aromatic rings. The molecule has 26 heavy (non-hydrogen) atoms. The maximum atomic E-state index is 12.7. The molecule has 2 aliphatic rings. The molecule has 1 fully saturated rings.